The van der Waals surface area contributed by atoms with Gasteiger partial charge in [0.2, 0.25) is 0 Å². The molecule has 8 nitrogen and oxygen atoms in total. The van der Waals surface area contributed by atoms with Crippen LogP contribution < -0.4 is 16.1 Å². The van der Waals surface area contributed by atoms with Crippen molar-refractivity contribution in [2.75, 3.05) is 56.6 Å². The van der Waals surface area contributed by atoms with Gasteiger partial charge in [-0.05, 0) is 59.1 Å². The number of hydrogen-bond acceptors (Lipinski definition) is 9. The number of anilines is 2. The van der Waals surface area contributed by atoms with Gasteiger partial charge in [0, 0.05) is 50.9 Å². The lowest BCUT2D eigenvalue weighted by Crippen LogP contribution is -2.43. The molecule has 0 saturated carbocycles. The summed E-state index contributed by atoms with van der Waals surface area (Å²) >= 11 is 1.81. The maximum atomic E-state index is 6.08. The van der Waals surface area contributed by atoms with Gasteiger partial charge in [-0.2, -0.15) is 0 Å². The molecule has 3 aliphatic rings. The van der Waals surface area contributed by atoms with E-state index >= 15 is 0 Å². The molecule has 2 fully saturated rings. The molecule has 0 amide bonds. The number of morpholine rings is 1. The van der Waals surface area contributed by atoms with Gasteiger partial charge < -0.3 is 20.1 Å². The molecule has 2 aromatic heterocycles. The van der Waals surface area contributed by atoms with Gasteiger partial charge in [0.05, 0.1) is 39.2 Å². The Balaban J connectivity index is 1.39. The van der Waals surface area contributed by atoms with E-state index in [-0.39, 0.29) is 11.8 Å². The van der Waals surface area contributed by atoms with Gasteiger partial charge in [0.15, 0.2) is 0 Å². The number of hydrogen-bond donors (Lipinski definition) is 3. The van der Waals surface area contributed by atoms with E-state index in [0.717, 1.165) is 75.8 Å². The highest BCUT2D eigenvalue weighted by atomic mass is 32.1. The summed E-state index contributed by atoms with van der Waals surface area (Å²) in [5, 5.41) is 9.52. The van der Waals surface area contributed by atoms with Gasteiger partial charge >= 0.3 is 0 Å². The van der Waals surface area contributed by atoms with E-state index < -0.39 is 0 Å². The van der Waals surface area contributed by atoms with Crippen molar-refractivity contribution in [2.24, 2.45) is 0 Å². The molecule has 0 aliphatic carbocycles. The zero-order valence-corrected chi connectivity index (χ0v) is 22.3. The molecule has 0 radical (unpaired) electrons. The zero-order chi connectivity index (χ0) is 24.4. The SMILES string of the molecule is C[C@@H]1CN(CCNc2cc(NC(C)(C)C)nc3cc(C4=CCNN4C4CCCCO4)sc23)CCO1. The highest BCUT2D eigenvalue weighted by molar-refractivity contribution is 7.20. The third-order valence-corrected chi connectivity index (χ3v) is 7.74. The summed E-state index contributed by atoms with van der Waals surface area (Å²) in [5.41, 5.74) is 6.83. The minimum absolute atomic E-state index is 0.0617. The first-order valence-corrected chi connectivity index (χ1v) is 13.8. The molecule has 35 heavy (non-hydrogen) atoms. The van der Waals surface area contributed by atoms with E-state index in [1.807, 2.05) is 11.3 Å². The quantitative estimate of drug-likeness (QED) is 0.519. The Morgan fingerprint density at radius 1 is 1.20 bits per heavy atom. The summed E-state index contributed by atoms with van der Waals surface area (Å²) in [6.07, 6.45) is 6.09. The summed E-state index contributed by atoms with van der Waals surface area (Å²) < 4.78 is 13.0. The molecular formula is C26H40N6O2S. The maximum absolute atomic E-state index is 6.08. The lowest BCUT2D eigenvalue weighted by molar-refractivity contribution is -0.0744. The highest BCUT2D eigenvalue weighted by Crippen LogP contribution is 2.39. The fourth-order valence-corrected chi connectivity index (χ4v) is 6.12. The van der Waals surface area contributed by atoms with E-state index in [0.29, 0.717) is 6.10 Å². The summed E-state index contributed by atoms with van der Waals surface area (Å²) in [4.78, 5) is 8.70. The smallest absolute Gasteiger partial charge is 0.144 e. The first-order chi connectivity index (χ1) is 16.9. The number of hydrazine groups is 1. The summed E-state index contributed by atoms with van der Waals surface area (Å²) in [7, 11) is 0. The number of pyridine rings is 1. The first kappa shape index (κ1) is 24.8. The van der Waals surface area contributed by atoms with Crippen molar-refractivity contribution in [3.8, 4) is 0 Å². The Morgan fingerprint density at radius 2 is 2.09 bits per heavy atom. The van der Waals surface area contributed by atoms with Crippen molar-refractivity contribution >= 4 is 38.8 Å². The minimum Gasteiger partial charge on any atom is -0.382 e. The number of fused-ring (bicyclic) bond motifs is 1. The monoisotopic (exact) mass is 500 g/mol. The van der Waals surface area contributed by atoms with Crippen molar-refractivity contribution in [3.05, 3.63) is 23.1 Å². The number of nitrogens with zero attached hydrogens (tertiary/aromatic N) is 3. The van der Waals surface area contributed by atoms with Crippen LogP contribution in [0.4, 0.5) is 11.5 Å². The summed E-state index contributed by atoms with van der Waals surface area (Å²) in [6, 6.07) is 4.40. The second-order valence-electron chi connectivity index (χ2n) is 10.8. The van der Waals surface area contributed by atoms with Crippen molar-refractivity contribution in [1.82, 2.24) is 20.3 Å². The normalized spacial score (nSPS) is 24.1. The Kier molecular flexibility index (Phi) is 7.50. The first-order valence-electron chi connectivity index (χ1n) is 13.0. The van der Waals surface area contributed by atoms with Crippen LogP contribution in [-0.2, 0) is 9.47 Å². The second kappa shape index (κ2) is 10.6. The number of nitrogens with one attached hydrogen (secondary N) is 3. The molecular weight excluding hydrogens is 460 g/mol. The van der Waals surface area contributed by atoms with Crippen LogP contribution in [-0.4, -0.2) is 78.7 Å². The van der Waals surface area contributed by atoms with Gasteiger partial charge in [-0.25, -0.2) is 10.4 Å². The molecule has 2 aromatic rings. The molecule has 192 valence electrons. The standard InChI is InChI=1S/C26H40N6O2S/c1-18-17-31(12-14-33-18)11-10-27-19-16-23(30-26(2,3)4)29-20-15-22(35-25(19)20)21-8-9-28-32(21)24-7-5-6-13-34-24/h8,15-16,18,24,28H,5-7,9-14,17H2,1-4H3,(H2,27,29,30)/t18-,24?/m1/s1. The molecule has 9 heteroatoms. The molecule has 0 aromatic carbocycles. The van der Waals surface area contributed by atoms with Crippen LogP contribution in [0.5, 0.6) is 0 Å². The van der Waals surface area contributed by atoms with E-state index in [1.165, 1.54) is 21.7 Å². The lowest BCUT2D eigenvalue weighted by Gasteiger charge is -2.33. The molecule has 1 unspecified atom stereocenters. The van der Waals surface area contributed by atoms with Crippen LogP contribution in [0.25, 0.3) is 15.9 Å². The molecule has 5 heterocycles. The van der Waals surface area contributed by atoms with Crippen molar-refractivity contribution < 1.29 is 9.47 Å². The van der Waals surface area contributed by atoms with Crippen molar-refractivity contribution in [2.45, 2.75) is 64.8 Å². The van der Waals surface area contributed by atoms with E-state index in [9.17, 15) is 0 Å². The maximum Gasteiger partial charge on any atom is 0.144 e. The van der Waals surface area contributed by atoms with Crippen LogP contribution >= 0.6 is 11.3 Å². The van der Waals surface area contributed by atoms with Crippen LogP contribution in [0.3, 0.4) is 0 Å². The van der Waals surface area contributed by atoms with Crippen LogP contribution in [0.1, 0.15) is 51.8 Å². The summed E-state index contributed by atoms with van der Waals surface area (Å²) in [6.45, 7) is 15.0. The minimum atomic E-state index is -0.0617. The second-order valence-corrected chi connectivity index (χ2v) is 11.9. The fourth-order valence-electron chi connectivity index (χ4n) is 5.00. The van der Waals surface area contributed by atoms with Crippen molar-refractivity contribution in [3.63, 3.8) is 0 Å². The third-order valence-electron chi connectivity index (χ3n) is 6.56. The average molecular weight is 501 g/mol. The van der Waals surface area contributed by atoms with Crippen LogP contribution in [0.2, 0.25) is 0 Å². The Labute approximate surface area is 213 Å². The predicted octanol–water partition coefficient (Wildman–Crippen LogP) is 4.33. The molecule has 0 spiro atoms. The van der Waals surface area contributed by atoms with Crippen LogP contribution in [0, 0.1) is 0 Å². The molecule has 0 bridgehead atoms. The highest BCUT2D eigenvalue weighted by Gasteiger charge is 2.29. The Morgan fingerprint density at radius 3 is 2.86 bits per heavy atom. The zero-order valence-electron chi connectivity index (χ0n) is 21.5. The van der Waals surface area contributed by atoms with Gasteiger partial charge in [-0.15, -0.1) is 11.3 Å². The molecule has 3 N–H and O–H groups in total. The summed E-state index contributed by atoms with van der Waals surface area (Å²) in [5.74, 6) is 0.905. The Bertz CT molecular complexity index is 1040. The number of rotatable bonds is 7. The molecule has 3 aliphatic heterocycles. The van der Waals surface area contributed by atoms with E-state index in [2.05, 4.69) is 71.9 Å². The third kappa shape index (κ3) is 6.09. The molecule has 5 rings (SSSR count). The van der Waals surface area contributed by atoms with Crippen LogP contribution in [0.15, 0.2) is 18.2 Å². The lowest BCUT2D eigenvalue weighted by atomic mass is 10.1. The fraction of sp³-hybridized carbons (Fsp3) is 0.654. The Hall–Kier alpha value is -1.91. The van der Waals surface area contributed by atoms with Gasteiger partial charge in [-0.3, -0.25) is 9.91 Å². The van der Waals surface area contributed by atoms with E-state index in [1.54, 1.807) is 0 Å². The number of thiophene rings is 1. The van der Waals surface area contributed by atoms with Gasteiger partial charge in [-0.1, -0.05) is 0 Å². The van der Waals surface area contributed by atoms with E-state index in [4.69, 9.17) is 14.5 Å². The van der Waals surface area contributed by atoms with Crippen molar-refractivity contribution in [1.29, 1.82) is 0 Å². The number of aromatic nitrogens is 1. The largest absolute Gasteiger partial charge is 0.382 e. The number of ether oxygens (including phenoxy) is 2. The molecule has 2 saturated heterocycles. The molecule has 2 atom stereocenters. The van der Waals surface area contributed by atoms with Gasteiger partial charge in [0.1, 0.15) is 12.0 Å². The average Bonchev–Trinajstić information content (AvgIpc) is 3.46. The topological polar surface area (TPSA) is 73.9 Å². The van der Waals surface area contributed by atoms with Gasteiger partial charge in [0.25, 0.3) is 0 Å². The predicted molar refractivity (Wildman–Crippen MR) is 145 cm³/mol.